The molecule has 21 heavy (non-hydrogen) atoms. The van der Waals surface area contributed by atoms with Crippen LogP contribution in [0, 0.1) is 17.8 Å². The molecule has 0 amide bonds. The first-order valence-corrected chi connectivity index (χ1v) is 9.42. The van der Waals surface area contributed by atoms with E-state index in [1.807, 2.05) is 4.90 Å². The molecule has 0 saturated carbocycles. The maximum Gasteiger partial charge on any atom is 0.0799 e. The standard InChI is InChI=1S/C18H37N.CN/c1-3-5-7-8-9-10-11-15-19-16-12-14-18(17-19)13-6-4-2;1-2/h18H,3-17H2,1-2H3;/q;-1/p+1. The van der Waals surface area contributed by atoms with Crippen molar-refractivity contribution < 1.29 is 4.90 Å². The summed E-state index contributed by atoms with van der Waals surface area (Å²) in [7, 11) is 0. The Morgan fingerprint density at radius 2 is 1.52 bits per heavy atom. The molecular weight excluding hydrogens is 256 g/mol. The zero-order valence-electron chi connectivity index (χ0n) is 14.6. The summed E-state index contributed by atoms with van der Waals surface area (Å²) in [6, 6.07) is 0. The van der Waals surface area contributed by atoms with Crippen LogP contribution in [-0.4, -0.2) is 19.6 Å². The highest BCUT2D eigenvalue weighted by atomic mass is 15.1. The van der Waals surface area contributed by atoms with Gasteiger partial charge in [-0.05, 0) is 32.1 Å². The fourth-order valence-electron chi connectivity index (χ4n) is 3.55. The van der Waals surface area contributed by atoms with Crippen LogP contribution in [0.3, 0.4) is 0 Å². The van der Waals surface area contributed by atoms with Crippen LogP contribution < -0.4 is 4.90 Å². The predicted molar refractivity (Wildman–Crippen MR) is 90.8 cm³/mol. The molecule has 2 nitrogen and oxygen atoms in total. The Morgan fingerprint density at radius 1 is 0.905 bits per heavy atom. The average Bonchev–Trinajstić information content (AvgIpc) is 2.54. The maximum atomic E-state index is 6.25. The Morgan fingerprint density at radius 3 is 2.19 bits per heavy atom. The quantitative estimate of drug-likeness (QED) is 0.446. The number of piperidine rings is 1. The third-order valence-corrected chi connectivity index (χ3v) is 4.82. The molecular formula is C19H38N2. The van der Waals surface area contributed by atoms with Gasteiger partial charge in [0.25, 0.3) is 0 Å². The second-order valence-corrected chi connectivity index (χ2v) is 6.73. The van der Waals surface area contributed by atoms with E-state index in [-0.39, 0.29) is 0 Å². The number of hydrogen-bond acceptors (Lipinski definition) is 1. The molecule has 1 saturated heterocycles. The highest BCUT2D eigenvalue weighted by molar-refractivity contribution is 4.61. The maximum absolute atomic E-state index is 6.25. The smallest absolute Gasteiger partial charge is 0.0799 e. The molecule has 0 spiro atoms. The first-order valence-electron chi connectivity index (χ1n) is 9.42. The number of nitrogens with zero attached hydrogens (tertiary/aromatic N) is 1. The summed E-state index contributed by atoms with van der Waals surface area (Å²) in [6.07, 6.45) is 17.5. The fraction of sp³-hybridized carbons (Fsp3) is 0.947. The molecule has 124 valence electrons. The second kappa shape index (κ2) is 15.8. The minimum Gasteiger partial charge on any atom is -0.512 e. The summed E-state index contributed by atoms with van der Waals surface area (Å²) >= 11 is 0. The monoisotopic (exact) mass is 294 g/mol. The summed E-state index contributed by atoms with van der Waals surface area (Å²) in [4.78, 5) is 1.92. The summed E-state index contributed by atoms with van der Waals surface area (Å²) < 4.78 is 0. The van der Waals surface area contributed by atoms with Crippen molar-refractivity contribution in [2.75, 3.05) is 19.6 Å². The minimum absolute atomic E-state index is 1.05. The predicted octanol–water partition coefficient (Wildman–Crippen LogP) is 4.32. The lowest BCUT2D eigenvalue weighted by Gasteiger charge is -2.30. The van der Waals surface area contributed by atoms with E-state index in [2.05, 4.69) is 13.8 Å². The topological polar surface area (TPSA) is 28.2 Å². The van der Waals surface area contributed by atoms with Crippen LogP contribution in [0.4, 0.5) is 0 Å². The molecule has 1 aliphatic rings. The molecule has 1 aliphatic heterocycles. The normalized spacial score (nSPS) is 21.5. The summed E-state index contributed by atoms with van der Waals surface area (Å²) in [5.41, 5.74) is 0. The number of likely N-dealkylation sites (tertiary alicyclic amines) is 1. The number of rotatable bonds is 11. The molecule has 1 fully saturated rings. The number of quaternary nitrogens is 1. The van der Waals surface area contributed by atoms with Crippen molar-refractivity contribution in [2.45, 2.75) is 90.9 Å². The van der Waals surface area contributed by atoms with Gasteiger partial charge in [0.05, 0.1) is 19.6 Å². The number of hydrogen-bond donors (Lipinski definition) is 1. The number of nitrogens with one attached hydrogen (secondary N) is 1. The Hall–Kier alpha value is -0.550. The van der Waals surface area contributed by atoms with Gasteiger partial charge >= 0.3 is 0 Å². The lowest BCUT2D eigenvalue weighted by molar-refractivity contribution is -0.909. The summed E-state index contributed by atoms with van der Waals surface area (Å²) in [5.74, 6) is 1.05. The Kier molecular flexibility index (Phi) is 15.4. The van der Waals surface area contributed by atoms with Gasteiger partial charge in [-0.3, -0.25) is 0 Å². The van der Waals surface area contributed by atoms with Crippen molar-refractivity contribution in [3.63, 3.8) is 0 Å². The van der Waals surface area contributed by atoms with Crippen molar-refractivity contribution in [3.05, 3.63) is 6.57 Å². The van der Waals surface area contributed by atoms with Crippen LogP contribution in [0.1, 0.15) is 90.9 Å². The van der Waals surface area contributed by atoms with Gasteiger partial charge in [-0.25, -0.2) is 0 Å². The third-order valence-electron chi connectivity index (χ3n) is 4.82. The number of unbranched alkanes of at least 4 members (excludes halogenated alkanes) is 7. The van der Waals surface area contributed by atoms with Crippen LogP contribution >= 0.6 is 0 Å². The van der Waals surface area contributed by atoms with Crippen LogP contribution in [0.25, 0.3) is 0 Å². The highest BCUT2D eigenvalue weighted by Gasteiger charge is 2.21. The van der Waals surface area contributed by atoms with Crippen molar-refractivity contribution in [1.82, 2.24) is 0 Å². The van der Waals surface area contributed by atoms with Gasteiger partial charge in [0.2, 0.25) is 0 Å². The van der Waals surface area contributed by atoms with Crippen LogP contribution in [0.5, 0.6) is 0 Å². The van der Waals surface area contributed by atoms with E-state index in [0.717, 1.165) is 5.92 Å². The molecule has 0 aromatic carbocycles. The first kappa shape index (κ1) is 20.5. The highest BCUT2D eigenvalue weighted by Crippen LogP contribution is 2.15. The van der Waals surface area contributed by atoms with Gasteiger partial charge in [0, 0.05) is 5.92 Å². The van der Waals surface area contributed by atoms with E-state index in [9.17, 15) is 0 Å². The largest absolute Gasteiger partial charge is 0.512 e. The second-order valence-electron chi connectivity index (χ2n) is 6.73. The zero-order chi connectivity index (χ0) is 15.8. The lowest BCUT2D eigenvalue weighted by Crippen LogP contribution is -3.13. The Labute approximate surface area is 133 Å². The van der Waals surface area contributed by atoms with Crippen molar-refractivity contribution >= 4 is 0 Å². The van der Waals surface area contributed by atoms with Gasteiger partial charge in [0.1, 0.15) is 0 Å². The minimum atomic E-state index is 1.05. The van der Waals surface area contributed by atoms with E-state index < -0.39 is 0 Å². The van der Waals surface area contributed by atoms with E-state index in [0.29, 0.717) is 0 Å². The van der Waals surface area contributed by atoms with Crippen LogP contribution in [-0.2, 0) is 0 Å². The summed E-state index contributed by atoms with van der Waals surface area (Å²) in [6.45, 7) is 13.8. The first-order chi connectivity index (χ1) is 10.4. The molecule has 1 N–H and O–H groups in total. The van der Waals surface area contributed by atoms with Crippen molar-refractivity contribution in [1.29, 1.82) is 5.26 Å². The average molecular weight is 295 g/mol. The van der Waals surface area contributed by atoms with Gasteiger partial charge in [-0.2, -0.15) is 0 Å². The molecule has 2 unspecified atom stereocenters. The Bertz CT molecular complexity index is 225. The van der Waals surface area contributed by atoms with Gasteiger partial charge < -0.3 is 16.7 Å². The van der Waals surface area contributed by atoms with Gasteiger partial charge in [-0.1, -0.05) is 58.8 Å². The van der Waals surface area contributed by atoms with Gasteiger partial charge in [-0.15, -0.1) is 0 Å². The van der Waals surface area contributed by atoms with Gasteiger partial charge in [0.15, 0.2) is 0 Å². The molecule has 1 heterocycles. The molecule has 0 radical (unpaired) electrons. The van der Waals surface area contributed by atoms with Crippen molar-refractivity contribution in [2.24, 2.45) is 5.92 Å². The third kappa shape index (κ3) is 11.8. The van der Waals surface area contributed by atoms with E-state index in [1.54, 1.807) is 0 Å². The van der Waals surface area contributed by atoms with E-state index >= 15 is 0 Å². The molecule has 1 rings (SSSR count). The van der Waals surface area contributed by atoms with Crippen LogP contribution in [0.2, 0.25) is 0 Å². The Balaban J connectivity index is 0.00000191. The summed E-state index contributed by atoms with van der Waals surface area (Å²) in [5, 5.41) is 6.25. The SMILES string of the molecule is CCCCCCCCC[NH+]1CCCC(CCCC)C1.[C-]#N. The molecule has 0 aliphatic carbocycles. The lowest BCUT2D eigenvalue weighted by atomic mass is 9.92. The zero-order valence-corrected chi connectivity index (χ0v) is 14.6. The van der Waals surface area contributed by atoms with Crippen LogP contribution in [0.15, 0.2) is 0 Å². The fourth-order valence-corrected chi connectivity index (χ4v) is 3.55. The molecule has 2 heteroatoms. The molecule has 0 bridgehead atoms. The van der Waals surface area contributed by atoms with E-state index in [1.165, 1.54) is 96.7 Å². The molecule has 2 atom stereocenters. The molecule has 0 aromatic rings. The van der Waals surface area contributed by atoms with E-state index in [4.69, 9.17) is 11.8 Å². The molecule has 0 aromatic heterocycles. The van der Waals surface area contributed by atoms with Crippen molar-refractivity contribution in [3.8, 4) is 0 Å².